The first-order chi connectivity index (χ1) is 11.1. The van der Waals surface area contributed by atoms with Crippen LogP contribution in [-0.4, -0.2) is 22.3 Å². The molecule has 2 heterocycles. The number of anilines is 1. The topological polar surface area (TPSA) is 56.1 Å². The highest BCUT2D eigenvalue weighted by molar-refractivity contribution is 5.94. The number of hydrogen-bond acceptors (Lipinski definition) is 3. The summed E-state index contributed by atoms with van der Waals surface area (Å²) in [6, 6.07) is 8.18. The number of benzene rings is 1. The summed E-state index contributed by atoms with van der Waals surface area (Å²) < 4.78 is 7.76. The summed E-state index contributed by atoms with van der Waals surface area (Å²) in [5, 5.41) is 7.43. The average molecular weight is 313 g/mol. The summed E-state index contributed by atoms with van der Waals surface area (Å²) in [5.74, 6) is 1.68. The van der Waals surface area contributed by atoms with Gasteiger partial charge >= 0.3 is 0 Å². The third-order valence-corrected chi connectivity index (χ3v) is 4.09. The zero-order valence-corrected chi connectivity index (χ0v) is 13.9. The summed E-state index contributed by atoms with van der Waals surface area (Å²) in [6.45, 7) is 6.87. The summed E-state index contributed by atoms with van der Waals surface area (Å²) in [7, 11) is 0. The Bertz CT molecular complexity index is 706. The van der Waals surface area contributed by atoms with Gasteiger partial charge in [0.1, 0.15) is 11.6 Å². The number of carbonyl (C=O) groups is 1. The Labute approximate surface area is 136 Å². The van der Waals surface area contributed by atoms with Gasteiger partial charge in [-0.05, 0) is 26.3 Å². The highest BCUT2D eigenvalue weighted by atomic mass is 16.5. The molecule has 1 aliphatic heterocycles. The maximum absolute atomic E-state index is 12.2. The number of carbonyl (C=O) groups excluding carboxylic acids is 1. The molecule has 1 atom stereocenters. The fourth-order valence-electron chi connectivity index (χ4n) is 3.02. The van der Waals surface area contributed by atoms with Crippen LogP contribution in [0.15, 0.2) is 30.5 Å². The van der Waals surface area contributed by atoms with Crippen LogP contribution in [0.2, 0.25) is 0 Å². The molecule has 5 heteroatoms. The number of aromatic nitrogens is 2. The van der Waals surface area contributed by atoms with Gasteiger partial charge in [-0.2, -0.15) is 5.10 Å². The van der Waals surface area contributed by atoms with E-state index in [0.29, 0.717) is 13.0 Å². The molecule has 1 N–H and O–H groups in total. The zero-order valence-electron chi connectivity index (χ0n) is 13.9. The van der Waals surface area contributed by atoms with Crippen molar-refractivity contribution in [1.82, 2.24) is 9.78 Å². The highest BCUT2D eigenvalue weighted by Gasteiger charge is 2.32. The third kappa shape index (κ3) is 2.96. The van der Waals surface area contributed by atoms with Gasteiger partial charge < -0.3 is 10.1 Å². The highest BCUT2D eigenvalue weighted by Crippen LogP contribution is 2.41. The minimum atomic E-state index is -0.0145. The molecule has 0 saturated heterocycles. The van der Waals surface area contributed by atoms with Crippen LogP contribution in [0.4, 0.5) is 5.82 Å². The molecule has 0 bridgehead atoms. The van der Waals surface area contributed by atoms with Crippen molar-refractivity contribution < 1.29 is 9.53 Å². The normalized spacial score (nSPS) is 17.0. The second-order valence-corrected chi connectivity index (χ2v) is 6.18. The molecule has 5 nitrogen and oxygen atoms in total. The Hall–Kier alpha value is -2.30. The van der Waals surface area contributed by atoms with E-state index in [1.807, 2.05) is 35.1 Å². The van der Waals surface area contributed by atoms with Gasteiger partial charge in [0.2, 0.25) is 5.91 Å². The molecule has 3 rings (SSSR count). The van der Waals surface area contributed by atoms with E-state index in [-0.39, 0.29) is 17.9 Å². The van der Waals surface area contributed by atoms with Gasteiger partial charge in [-0.1, -0.05) is 25.1 Å². The lowest BCUT2D eigenvalue weighted by Crippen LogP contribution is -2.25. The molecule has 0 spiro atoms. The monoisotopic (exact) mass is 313 g/mol. The maximum atomic E-state index is 12.2. The summed E-state index contributed by atoms with van der Waals surface area (Å²) in [5.41, 5.74) is 2.12. The van der Waals surface area contributed by atoms with Crippen molar-refractivity contribution in [3.05, 3.63) is 41.6 Å². The first kappa shape index (κ1) is 15.6. The predicted molar refractivity (Wildman–Crippen MR) is 89.9 cm³/mol. The Morgan fingerprint density at radius 2 is 2.13 bits per heavy atom. The first-order valence-electron chi connectivity index (χ1n) is 8.20. The van der Waals surface area contributed by atoms with Gasteiger partial charge in [-0.15, -0.1) is 0 Å². The van der Waals surface area contributed by atoms with Gasteiger partial charge in [0.25, 0.3) is 0 Å². The lowest BCUT2D eigenvalue weighted by molar-refractivity contribution is -0.116. The second-order valence-electron chi connectivity index (χ2n) is 6.18. The van der Waals surface area contributed by atoms with Crippen LogP contribution in [-0.2, 0) is 4.79 Å². The van der Waals surface area contributed by atoms with E-state index in [1.165, 1.54) is 0 Å². The molecule has 2 aromatic rings. The van der Waals surface area contributed by atoms with Gasteiger partial charge in [0, 0.05) is 29.5 Å². The minimum Gasteiger partial charge on any atom is -0.493 e. The largest absolute Gasteiger partial charge is 0.493 e. The SMILES string of the molecule is CCCOc1ccccc1C1CC(=O)Nc2c1cnn2C(C)C. The van der Waals surface area contributed by atoms with E-state index in [4.69, 9.17) is 4.74 Å². The minimum absolute atomic E-state index is 0.0145. The van der Waals surface area contributed by atoms with Crippen LogP contribution < -0.4 is 10.1 Å². The van der Waals surface area contributed by atoms with E-state index in [1.54, 1.807) is 0 Å². The lowest BCUT2D eigenvalue weighted by Gasteiger charge is -2.26. The molecule has 122 valence electrons. The van der Waals surface area contributed by atoms with Crippen molar-refractivity contribution in [2.45, 2.75) is 45.6 Å². The standard InChI is InChI=1S/C18H23N3O2/c1-4-9-23-16-8-6-5-7-13(16)14-10-17(22)20-18-15(14)11-19-21(18)12(2)3/h5-8,11-12,14H,4,9-10H2,1-3H3,(H,20,22). The van der Waals surface area contributed by atoms with Crippen LogP contribution in [0.3, 0.4) is 0 Å². The third-order valence-electron chi connectivity index (χ3n) is 4.09. The van der Waals surface area contributed by atoms with Crippen LogP contribution >= 0.6 is 0 Å². The van der Waals surface area contributed by atoms with Crippen LogP contribution in [0.1, 0.15) is 56.7 Å². The Morgan fingerprint density at radius 1 is 1.35 bits per heavy atom. The molecule has 0 fully saturated rings. The molecular weight excluding hydrogens is 290 g/mol. The summed E-state index contributed by atoms with van der Waals surface area (Å²) in [6.07, 6.45) is 3.25. The number of fused-ring (bicyclic) bond motifs is 1. The maximum Gasteiger partial charge on any atom is 0.226 e. The van der Waals surface area contributed by atoms with Gasteiger partial charge in [-0.3, -0.25) is 4.79 Å². The van der Waals surface area contributed by atoms with Crippen LogP contribution in [0, 0.1) is 0 Å². The van der Waals surface area contributed by atoms with E-state index < -0.39 is 0 Å². The average Bonchev–Trinajstić information content (AvgIpc) is 2.96. The number of rotatable bonds is 5. The number of amides is 1. The molecular formula is C18H23N3O2. The first-order valence-corrected chi connectivity index (χ1v) is 8.20. The molecule has 1 unspecified atom stereocenters. The van der Waals surface area contributed by atoms with Crippen molar-refractivity contribution in [3.63, 3.8) is 0 Å². The van der Waals surface area contributed by atoms with Crippen LogP contribution in [0.5, 0.6) is 5.75 Å². The fourth-order valence-corrected chi connectivity index (χ4v) is 3.02. The summed E-state index contributed by atoms with van der Waals surface area (Å²) in [4.78, 5) is 12.2. The van der Waals surface area contributed by atoms with E-state index >= 15 is 0 Å². The predicted octanol–water partition coefficient (Wildman–Crippen LogP) is 3.73. The number of para-hydroxylation sites is 1. The fraction of sp³-hybridized carbons (Fsp3) is 0.444. The molecule has 23 heavy (non-hydrogen) atoms. The van der Waals surface area contributed by atoms with Gasteiger partial charge in [0.05, 0.1) is 12.8 Å². The second kappa shape index (κ2) is 6.44. The zero-order chi connectivity index (χ0) is 16.4. The van der Waals surface area contributed by atoms with E-state index in [0.717, 1.165) is 29.1 Å². The quantitative estimate of drug-likeness (QED) is 0.915. The number of ether oxygens (including phenoxy) is 1. The number of nitrogens with zero attached hydrogens (tertiary/aromatic N) is 2. The van der Waals surface area contributed by atoms with Crippen molar-refractivity contribution in [2.24, 2.45) is 0 Å². The lowest BCUT2D eigenvalue weighted by atomic mass is 9.87. The number of nitrogens with one attached hydrogen (secondary N) is 1. The Kier molecular flexibility index (Phi) is 4.37. The van der Waals surface area contributed by atoms with E-state index in [2.05, 4.69) is 31.2 Å². The molecule has 0 saturated carbocycles. The molecule has 0 aliphatic carbocycles. The van der Waals surface area contributed by atoms with Crippen LogP contribution in [0.25, 0.3) is 0 Å². The van der Waals surface area contributed by atoms with Crippen molar-refractivity contribution in [2.75, 3.05) is 11.9 Å². The Morgan fingerprint density at radius 3 is 2.87 bits per heavy atom. The molecule has 1 amide bonds. The summed E-state index contributed by atoms with van der Waals surface area (Å²) >= 11 is 0. The van der Waals surface area contributed by atoms with Crippen molar-refractivity contribution in [3.8, 4) is 5.75 Å². The van der Waals surface area contributed by atoms with E-state index in [9.17, 15) is 4.79 Å². The molecule has 1 aromatic carbocycles. The molecule has 1 aliphatic rings. The van der Waals surface area contributed by atoms with Crippen molar-refractivity contribution >= 4 is 11.7 Å². The molecule has 0 radical (unpaired) electrons. The Balaban J connectivity index is 2.04. The molecule has 1 aromatic heterocycles. The van der Waals surface area contributed by atoms with Gasteiger partial charge in [0.15, 0.2) is 0 Å². The number of hydrogen-bond donors (Lipinski definition) is 1. The smallest absolute Gasteiger partial charge is 0.226 e. The van der Waals surface area contributed by atoms with Gasteiger partial charge in [-0.25, -0.2) is 4.68 Å². The van der Waals surface area contributed by atoms with Crippen molar-refractivity contribution in [1.29, 1.82) is 0 Å².